The fourth-order valence-corrected chi connectivity index (χ4v) is 5.80. The Morgan fingerprint density at radius 2 is 1.00 bits per heavy atom. The molecular formula is C32H16O6. The summed E-state index contributed by atoms with van der Waals surface area (Å²) in [6.45, 7) is 0. The van der Waals surface area contributed by atoms with E-state index in [0.717, 1.165) is 87.2 Å². The van der Waals surface area contributed by atoms with Crippen LogP contribution in [0.1, 0.15) is 0 Å². The van der Waals surface area contributed by atoms with E-state index < -0.39 is 0 Å². The second-order valence-electron chi connectivity index (χ2n) is 9.37. The minimum Gasteiger partial charge on any atom is -0.471 e. The summed E-state index contributed by atoms with van der Waals surface area (Å²) in [6, 6.07) is 18.1. The lowest BCUT2D eigenvalue weighted by Gasteiger charge is -2.02. The van der Waals surface area contributed by atoms with Gasteiger partial charge in [0.2, 0.25) is 0 Å². The van der Waals surface area contributed by atoms with Gasteiger partial charge >= 0.3 is 0 Å². The number of benzene rings is 4. The van der Waals surface area contributed by atoms with Crippen molar-refractivity contribution < 1.29 is 26.5 Å². The molecule has 0 saturated heterocycles. The number of furan rings is 6. The van der Waals surface area contributed by atoms with Crippen LogP contribution in [0.4, 0.5) is 0 Å². The number of fused-ring (bicyclic) bond motifs is 15. The first-order valence-electron chi connectivity index (χ1n) is 12.2. The first kappa shape index (κ1) is 19.8. The van der Waals surface area contributed by atoms with Crippen LogP contribution in [0.2, 0.25) is 0 Å². The van der Waals surface area contributed by atoms with Crippen LogP contribution >= 0.6 is 0 Å². The zero-order chi connectivity index (χ0) is 24.8. The second-order valence-corrected chi connectivity index (χ2v) is 9.37. The normalized spacial score (nSPS) is 12.2. The summed E-state index contributed by atoms with van der Waals surface area (Å²) in [5.41, 5.74) is 4.36. The van der Waals surface area contributed by atoms with Gasteiger partial charge < -0.3 is 26.5 Å². The predicted octanol–water partition coefficient (Wildman–Crippen LogP) is 10.2. The Hall–Kier alpha value is -5.36. The van der Waals surface area contributed by atoms with Gasteiger partial charge in [-0.05, 0) is 60.0 Å². The smallest absolute Gasteiger partial charge is 0.145 e. The number of hydrogen-bond acceptors (Lipinski definition) is 6. The Bertz CT molecular complexity index is 2330. The summed E-state index contributed by atoms with van der Waals surface area (Å²) in [7, 11) is 0. The average molecular weight is 496 g/mol. The maximum absolute atomic E-state index is 5.64. The van der Waals surface area contributed by atoms with Gasteiger partial charge in [0.15, 0.2) is 0 Å². The molecular weight excluding hydrogens is 480 g/mol. The van der Waals surface area contributed by atoms with Crippen molar-refractivity contribution in [1.29, 1.82) is 0 Å². The first-order chi connectivity index (χ1) is 18.8. The van der Waals surface area contributed by atoms with Gasteiger partial charge in [-0.25, -0.2) is 0 Å². The van der Waals surface area contributed by atoms with Gasteiger partial charge in [-0.15, -0.1) is 0 Å². The van der Waals surface area contributed by atoms with Crippen LogP contribution in [-0.4, -0.2) is 0 Å². The summed E-state index contributed by atoms with van der Waals surface area (Å²) in [5.74, 6) is 0. The lowest BCUT2D eigenvalue weighted by atomic mass is 9.99. The minimum atomic E-state index is 0.862. The highest BCUT2D eigenvalue weighted by Crippen LogP contribution is 2.40. The van der Waals surface area contributed by atoms with Gasteiger partial charge in [0.25, 0.3) is 0 Å². The molecule has 10 aromatic rings. The van der Waals surface area contributed by atoms with Gasteiger partial charge in [-0.1, -0.05) is 0 Å². The van der Waals surface area contributed by atoms with Crippen molar-refractivity contribution in [2.24, 2.45) is 0 Å². The largest absolute Gasteiger partial charge is 0.471 e. The van der Waals surface area contributed by atoms with E-state index in [0.29, 0.717) is 0 Å². The third-order valence-electron chi connectivity index (χ3n) is 7.47. The van der Waals surface area contributed by atoms with Crippen LogP contribution < -0.4 is 0 Å². The fourth-order valence-electron chi connectivity index (χ4n) is 5.80. The van der Waals surface area contributed by atoms with Crippen molar-refractivity contribution >= 4 is 87.2 Å². The highest BCUT2D eigenvalue weighted by Gasteiger charge is 2.16. The van der Waals surface area contributed by atoms with Crippen LogP contribution in [-0.2, 0) is 0 Å². The molecule has 38 heavy (non-hydrogen) atoms. The Labute approximate surface area is 212 Å². The van der Waals surface area contributed by atoms with Gasteiger partial charge in [-0.2, -0.15) is 0 Å². The molecule has 6 nitrogen and oxygen atoms in total. The molecule has 0 bridgehead atoms. The molecule has 0 aliphatic carbocycles. The predicted molar refractivity (Wildman–Crippen MR) is 147 cm³/mol. The maximum atomic E-state index is 5.64. The van der Waals surface area contributed by atoms with E-state index >= 15 is 0 Å². The molecule has 0 spiro atoms. The highest BCUT2D eigenvalue weighted by molar-refractivity contribution is 6.29. The van der Waals surface area contributed by atoms with E-state index in [1.54, 1.807) is 43.8 Å². The molecule has 4 aromatic carbocycles. The molecule has 6 aromatic heterocycles. The lowest BCUT2D eigenvalue weighted by molar-refractivity contribution is 0.571. The van der Waals surface area contributed by atoms with E-state index in [-0.39, 0.29) is 0 Å². The molecule has 0 saturated carbocycles. The van der Waals surface area contributed by atoms with E-state index in [1.165, 1.54) is 0 Å². The third kappa shape index (κ3) is 2.51. The molecule has 6 heteroatoms. The molecule has 0 aliphatic heterocycles. The third-order valence-corrected chi connectivity index (χ3v) is 7.47. The topological polar surface area (TPSA) is 78.8 Å². The van der Waals surface area contributed by atoms with Crippen LogP contribution in [0.3, 0.4) is 0 Å². The second kappa shape index (κ2) is 7.11. The quantitative estimate of drug-likeness (QED) is 0.208. The Balaban J connectivity index is 0.000000111. The standard InChI is InChI=1S/2C16H8O3/c1-4-17-14-8-12-10-2-5-18-15(10)11-3-6-19-16(11)13(12)7-9(1)14;1-2-14-11(4-5-18-14)15-9(1)10-3-6-19-16(10)13-8-17-7-12(13)15/h2*1-8H. The Morgan fingerprint density at radius 3 is 1.87 bits per heavy atom. The first-order valence-corrected chi connectivity index (χ1v) is 12.2. The Kier molecular flexibility index (Phi) is 3.70. The van der Waals surface area contributed by atoms with Crippen molar-refractivity contribution in [1.82, 2.24) is 0 Å². The van der Waals surface area contributed by atoms with Crippen LogP contribution in [0, 0.1) is 0 Å². The van der Waals surface area contributed by atoms with Crippen LogP contribution in [0.5, 0.6) is 0 Å². The highest BCUT2D eigenvalue weighted by atomic mass is 16.3. The maximum Gasteiger partial charge on any atom is 0.145 e. The number of hydrogen-bond donors (Lipinski definition) is 0. The van der Waals surface area contributed by atoms with Gasteiger partial charge in [0, 0.05) is 43.1 Å². The Morgan fingerprint density at radius 1 is 0.368 bits per heavy atom. The molecule has 0 N–H and O–H groups in total. The van der Waals surface area contributed by atoms with Crippen molar-refractivity contribution in [3.05, 3.63) is 98.4 Å². The summed E-state index contributed by atoms with van der Waals surface area (Å²) in [5, 5.41) is 11.9. The van der Waals surface area contributed by atoms with Crippen molar-refractivity contribution in [2.75, 3.05) is 0 Å². The van der Waals surface area contributed by atoms with Crippen molar-refractivity contribution in [3.8, 4) is 0 Å². The zero-order valence-corrected chi connectivity index (χ0v) is 19.7. The molecule has 0 fully saturated rings. The minimum absolute atomic E-state index is 0.862. The summed E-state index contributed by atoms with van der Waals surface area (Å²) < 4.78 is 33.2. The lowest BCUT2D eigenvalue weighted by Crippen LogP contribution is -1.77. The van der Waals surface area contributed by atoms with E-state index in [2.05, 4.69) is 12.1 Å². The zero-order valence-electron chi connectivity index (χ0n) is 19.7. The van der Waals surface area contributed by atoms with E-state index in [4.69, 9.17) is 26.5 Å². The van der Waals surface area contributed by atoms with Crippen molar-refractivity contribution in [3.63, 3.8) is 0 Å². The molecule has 180 valence electrons. The summed E-state index contributed by atoms with van der Waals surface area (Å²) >= 11 is 0. The van der Waals surface area contributed by atoms with Crippen LogP contribution in [0.25, 0.3) is 87.2 Å². The fraction of sp³-hybridized carbons (Fsp3) is 0. The summed E-state index contributed by atoms with van der Waals surface area (Å²) in [6.07, 6.45) is 12.1. The molecule has 6 heterocycles. The molecule has 0 radical (unpaired) electrons. The van der Waals surface area contributed by atoms with E-state index in [1.807, 2.05) is 42.5 Å². The van der Waals surface area contributed by atoms with Gasteiger partial charge in [-0.3, -0.25) is 0 Å². The van der Waals surface area contributed by atoms with E-state index in [9.17, 15) is 0 Å². The van der Waals surface area contributed by atoms with Crippen LogP contribution in [0.15, 0.2) is 125 Å². The SMILES string of the molecule is c1cc2c(ccc3c4ccoc4c4cocc4c23)o1.c1cc2cc3c(cc2o1)c1ccoc1c1ccoc31. The average Bonchev–Trinajstić information content (AvgIpc) is 3.76. The number of rotatable bonds is 0. The molecule has 0 aliphatic rings. The molecule has 0 unspecified atom stereocenters. The summed E-state index contributed by atoms with van der Waals surface area (Å²) in [4.78, 5) is 0. The van der Waals surface area contributed by atoms with Gasteiger partial charge in [0.05, 0.1) is 48.4 Å². The molecule has 0 amide bonds. The van der Waals surface area contributed by atoms with Crippen molar-refractivity contribution in [2.45, 2.75) is 0 Å². The molecule has 10 rings (SSSR count). The molecule has 0 atom stereocenters. The monoisotopic (exact) mass is 496 g/mol. The van der Waals surface area contributed by atoms with Gasteiger partial charge in [0.1, 0.15) is 34.2 Å².